The highest BCUT2D eigenvalue weighted by molar-refractivity contribution is 6.04. The average Bonchev–Trinajstić information content (AvgIpc) is 3.48. The Bertz CT molecular complexity index is 2190. The largest absolute Gasteiger partial charge is 0.435 e. The number of carbonyl (C=O) groups excluding carboxylic acids is 1. The number of aryl methyl sites for hydroxylation is 2. The van der Waals surface area contributed by atoms with Gasteiger partial charge < -0.3 is 16.0 Å². The lowest BCUT2D eigenvalue weighted by Gasteiger charge is -2.33. The highest BCUT2D eigenvalue weighted by Gasteiger charge is 2.35. The Hall–Kier alpha value is -5.39. The first-order chi connectivity index (χ1) is 24.1. The zero-order valence-corrected chi connectivity index (χ0v) is 27.9. The van der Waals surface area contributed by atoms with Crippen LogP contribution in [0.15, 0.2) is 66.9 Å². The number of rotatable bonds is 5. The second kappa shape index (κ2) is 13.7. The zero-order chi connectivity index (χ0) is 36.7. The number of nitrogens with zero attached hydrogens (tertiary/aromatic N) is 5. The summed E-state index contributed by atoms with van der Waals surface area (Å²) in [5.74, 6) is 5.51. The van der Waals surface area contributed by atoms with Gasteiger partial charge in [-0.1, -0.05) is 36.1 Å². The number of halogens is 6. The lowest BCUT2D eigenvalue weighted by molar-refractivity contribution is -0.141. The maximum absolute atomic E-state index is 14.1. The highest BCUT2D eigenvalue weighted by atomic mass is 19.4. The lowest BCUT2D eigenvalue weighted by Crippen LogP contribution is -2.44. The first-order valence-corrected chi connectivity index (χ1v) is 15.9. The summed E-state index contributed by atoms with van der Waals surface area (Å²) in [6.45, 7) is 4.79. The molecule has 14 heteroatoms. The van der Waals surface area contributed by atoms with Crippen LogP contribution in [0.1, 0.15) is 43.9 Å². The molecule has 3 heterocycles. The molecule has 3 aromatic carbocycles. The summed E-state index contributed by atoms with van der Waals surface area (Å²) in [6.07, 6.45) is -7.69. The van der Waals surface area contributed by atoms with Crippen molar-refractivity contribution in [3.05, 3.63) is 106 Å². The van der Waals surface area contributed by atoms with Gasteiger partial charge in [-0.25, -0.2) is 4.98 Å². The van der Waals surface area contributed by atoms with Crippen LogP contribution in [0.4, 0.5) is 37.8 Å². The van der Waals surface area contributed by atoms with Crippen LogP contribution in [-0.2, 0) is 25.9 Å². The number of aromatic nitrogens is 3. The fourth-order valence-corrected chi connectivity index (χ4v) is 5.93. The van der Waals surface area contributed by atoms with Crippen LogP contribution in [-0.4, -0.2) is 63.7 Å². The lowest BCUT2D eigenvalue weighted by atomic mass is 10.0. The van der Waals surface area contributed by atoms with Gasteiger partial charge in [0.15, 0.2) is 5.69 Å². The number of benzene rings is 3. The smallest absolute Gasteiger partial charge is 0.383 e. The van der Waals surface area contributed by atoms with Gasteiger partial charge in [0.25, 0.3) is 5.91 Å². The first-order valence-electron chi connectivity index (χ1n) is 15.9. The van der Waals surface area contributed by atoms with Crippen molar-refractivity contribution in [3.8, 4) is 23.1 Å². The maximum Gasteiger partial charge on any atom is 0.435 e. The number of anilines is 2. The van der Waals surface area contributed by atoms with Crippen molar-refractivity contribution >= 4 is 28.2 Å². The third-order valence-electron chi connectivity index (χ3n) is 8.87. The molecule has 0 spiro atoms. The number of likely N-dealkylation sites (N-methyl/N-ethyl adjacent to an activating group) is 1. The van der Waals surface area contributed by atoms with E-state index in [1.165, 1.54) is 31.4 Å². The van der Waals surface area contributed by atoms with E-state index in [2.05, 4.69) is 32.1 Å². The number of alkyl halides is 6. The van der Waals surface area contributed by atoms with E-state index in [0.29, 0.717) is 46.1 Å². The molecule has 51 heavy (non-hydrogen) atoms. The second-order valence-corrected chi connectivity index (χ2v) is 12.5. The standard InChI is InChI=1S/C37H33F6N7O/c1-22-4-5-25(35(51)46-28-10-8-27(31(18-28)36(38,39)40)21-50-14-12-48(2)13-15-50)16-23(22)9-11-29-30-17-24(6-7-26(30)20-45-34(29)44)32-19-33(37(41,42)43)47-49(32)3/h4-8,10,16-20H,12-15,21H2,1-3H3,(H2,44,45)(H,46,51). The van der Waals surface area contributed by atoms with Crippen molar-refractivity contribution in [1.82, 2.24) is 24.6 Å². The fourth-order valence-electron chi connectivity index (χ4n) is 5.93. The van der Waals surface area contributed by atoms with Crippen LogP contribution in [0, 0.1) is 18.8 Å². The number of pyridine rings is 1. The van der Waals surface area contributed by atoms with E-state index in [1.807, 2.05) is 11.9 Å². The van der Waals surface area contributed by atoms with Gasteiger partial charge >= 0.3 is 12.4 Å². The number of nitrogens with one attached hydrogen (secondary N) is 1. The Morgan fingerprint density at radius 1 is 0.902 bits per heavy atom. The van der Waals surface area contributed by atoms with Gasteiger partial charge in [0.2, 0.25) is 0 Å². The number of hydrogen-bond acceptors (Lipinski definition) is 6. The molecular weight excluding hydrogens is 672 g/mol. The number of nitrogen functional groups attached to an aromatic ring is 1. The molecular formula is C37H33F6N7O. The Morgan fingerprint density at radius 3 is 2.33 bits per heavy atom. The molecule has 1 aliphatic heterocycles. The Morgan fingerprint density at radius 2 is 1.65 bits per heavy atom. The number of nitrogens with two attached hydrogens (primary N) is 1. The van der Waals surface area contributed by atoms with Crippen molar-refractivity contribution in [3.63, 3.8) is 0 Å². The molecule has 2 aromatic heterocycles. The summed E-state index contributed by atoms with van der Waals surface area (Å²) < 4.78 is 83.4. The van der Waals surface area contributed by atoms with Crippen LogP contribution < -0.4 is 11.1 Å². The van der Waals surface area contributed by atoms with Gasteiger partial charge in [-0.2, -0.15) is 31.4 Å². The quantitative estimate of drug-likeness (QED) is 0.152. The number of hydrogen-bond donors (Lipinski definition) is 2. The van der Waals surface area contributed by atoms with Gasteiger partial charge in [-0.3, -0.25) is 14.4 Å². The summed E-state index contributed by atoms with van der Waals surface area (Å²) in [6, 6.07) is 14.5. The van der Waals surface area contributed by atoms with Crippen molar-refractivity contribution < 1.29 is 31.1 Å². The molecule has 5 aromatic rings. The minimum Gasteiger partial charge on any atom is -0.383 e. The molecule has 0 aliphatic carbocycles. The third-order valence-corrected chi connectivity index (χ3v) is 8.87. The summed E-state index contributed by atoms with van der Waals surface area (Å²) in [7, 11) is 3.39. The van der Waals surface area contributed by atoms with Crippen LogP contribution in [0.3, 0.4) is 0 Å². The first kappa shape index (κ1) is 35.4. The Balaban J connectivity index is 1.27. The Kier molecular flexibility index (Phi) is 9.54. The average molecular weight is 706 g/mol. The third kappa shape index (κ3) is 7.84. The van der Waals surface area contributed by atoms with Crippen LogP contribution >= 0.6 is 0 Å². The van der Waals surface area contributed by atoms with E-state index < -0.39 is 29.5 Å². The number of fused-ring (bicyclic) bond motifs is 1. The predicted octanol–water partition coefficient (Wildman–Crippen LogP) is 6.96. The molecule has 0 saturated carbocycles. The SMILES string of the molecule is Cc1ccc(C(=O)Nc2ccc(CN3CCN(C)CC3)c(C(F)(F)F)c2)cc1C#Cc1c(N)ncc2ccc(-c3cc(C(F)(F)F)nn3C)cc12. The van der Waals surface area contributed by atoms with E-state index in [-0.39, 0.29) is 34.9 Å². The minimum absolute atomic E-state index is 0.00356. The van der Waals surface area contributed by atoms with Crippen molar-refractivity contribution in [1.29, 1.82) is 0 Å². The highest BCUT2D eigenvalue weighted by Crippen LogP contribution is 2.36. The molecule has 3 N–H and O–H groups in total. The fraction of sp³-hybridized carbons (Fsp3) is 0.270. The van der Waals surface area contributed by atoms with E-state index in [9.17, 15) is 31.1 Å². The van der Waals surface area contributed by atoms with Crippen molar-refractivity contribution in [2.24, 2.45) is 7.05 Å². The minimum atomic E-state index is -4.61. The predicted molar refractivity (Wildman–Crippen MR) is 183 cm³/mol. The topological polar surface area (TPSA) is 92.3 Å². The van der Waals surface area contributed by atoms with Gasteiger partial charge in [-0.05, 0) is 61.5 Å². The monoisotopic (exact) mass is 705 g/mol. The molecule has 1 aliphatic rings. The second-order valence-electron chi connectivity index (χ2n) is 12.5. The van der Waals surface area contributed by atoms with Crippen LogP contribution in [0.2, 0.25) is 0 Å². The van der Waals surface area contributed by atoms with Crippen molar-refractivity contribution in [2.45, 2.75) is 25.8 Å². The maximum atomic E-state index is 14.1. The molecule has 1 amide bonds. The molecule has 1 saturated heterocycles. The molecule has 8 nitrogen and oxygen atoms in total. The summed E-state index contributed by atoms with van der Waals surface area (Å²) in [5.41, 5.74) is 6.90. The van der Waals surface area contributed by atoms with E-state index in [1.54, 1.807) is 37.3 Å². The number of piperazine rings is 1. The zero-order valence-electron chi connectivity index (χ0n) is 27.9. The van der Waals surface area contributed by atoms with Gasteiger partial charge in [0, 0.05) is 79.1 Å². The molecule has 264 valence electrons. The number of amides is 1. The summed E-state index contributed by atoms with van der Waals surface area (Å²) in [5, 5.41) is 7.37. The molecule has 0 bridgehead atoms. The Labute approximate surface area is 289 Å². The molecule has 0 unspecified atom stereocenters. The van der Waals surface area contributed by atoms with E-state index in [0.717, 1.165) is 29.9 Å². The van der Waals surface area contributed by atoms with Gasteiger partial charge in [0.05, 0.1) is 16.8 Å². The van der Waals surface area contributed by atoms with Crippen LogP contribution in [0.25, 0.3) is 22.0 Å². The van der Waals surface area contributed by atoms with E-state index in [4.69, 9.17) is 5.73 Å². The van der Waals surface area contributed by atoms with Gasteiger partial charge in [0.1, 0.15) is 5.82 Å². The molecule has 6 rings (SSSR count). The molecule has 1 fully saturated rings. The number of carbonyl (C=O) groups is 1. The summed E-state index contributed by atoms with van der Waals surface area (Å²) in [4.78, 5) is 21.6. The van der Waals surface area contributed by atoms with Gasteiger partial charge in [-0.15, -0.1) is 0 Å². The van der Waals surface area contributed by atoms with E-state index >= 15 is 0 Å². The molecule has 0 atom stereocenters. The molecule has 0 radical (unpaired) electrons. The van der Waals surface area contributed by atoms with Crippen LogP contribution in [0.5, 0.6) is 0 Å². The van der Waals surface area contributed by atoms with Crippen molar-refractivity contribution in [2.75, 3.05) is 44.3 Å². The summed E-state index contributed by atoms with van der Waals surface area (Å²) >= 11 is 0. The normalized spacial score (nSPS) is 14.4.